The molecule has 0 spiro atoms. The van der Waals surface area contributed by atoms with E-state index in [-0.39, 0.29) is 17.7 Å². The molecule has 1 atom stereocenters. The molecule has 0 fully saturated rings. The highest BCUT2D eigenvalue weighted by atomic mass is 28.4. The number of nitrogens with zero attached hydrogens (tertiary/aromatic N) is 1. The zero-order valence-corrected chi connectivity index (χ0v) is 14.0. The molecule has 120 valence electrons. The number of hydrogen-bond donors (Lipinski definition) is 0. The van der Waals surface area contributed by atoms with Crippen molar-refractivity contribution in [1.82, 2.24) is 0 Å². The Morgan fingerprint density at radius 3 is 2.33 bits per heavy atom. The zero-order chi connectivity index (χ0) is 16.3. The minimum absolute atomic E-state index is 0.0981. The Hall–Kier alpha value is -1.08. The predicted octanol–water partition coefficient (Wildman–Crippen LogP) is 4.59. The summed E-state index contributed by atoms with van der Waals surface area (Å²) < 4.78 is 47.8. The highest BCUT2D eigenvalue weighted by Gasteiger charge is 2.34. The zero-order valence-electron chi connectivity index (χ0n) is 13.0. The second-order valence-electron chi connectivity index (χ2n) is 6.21. The Morgan fingerprint density at radius 2 is 1.90 bits per heavy atom. The van der Waals surface area contributed by atoms with Gasteiger partial charge in [-0.15, -0.1) is 0 Å². The molecule has 21 heavy (non-hydrogen) atoms. The van der Waals surface area contributed by atoms with Gasteiger partial charge in [-0.3, -0.25) is 4.99 Å². The maximum absolute atomic E-state index is 12.4. The summed E-state index contributed by atoms with van der Waals surface area (Å²) in [7, 11) is -1.64. The molecule has 3 nitrogen and oxygen atoms in total. The van der Waals surface area contributed by atoms with Crippen LogP contribution in [0.5, 0.6) is 0 Å². The molecule has 0 amide bonds. The first-order chi connectivity index (χ1) is 9.49. The Morgan fingerprint density at radius 1 is 1.29 bits per heavy atom. The Labute approximate surface area is 124 Å². The highest BCUT2D eigenvalue weighted by Crippen LogP contribution is 2.30. The van der Waals surface area contributed by atoms with Crippen molar-refractivity contribution in [3.8, 4) is 0 Å². The van der Waals surface area contributed by atoms with Crippen LogP contribution in [0.25, 0.3) is 0 Å². The largest absolute Gasteiger partial charge is 0.451 e. The third-order valence-corrected chi connectivity index (χ3v) is 3.79. The molecule has 0 aromatic carbocycles. The lowest BCUT2D eigenvalue weighted by Gasteiger charge is -2.23. The van der Waals surface area contributed by atoms with Gasteiger partial charge in [-0.25, -0.2) is 0 Å². The van der Waals surface area contributed by atoms with E-state index in [9.17, 15) is 13.2 Å². The number of halogens is 3. The van der Waals surface area contributed by atoms with E-state index < -0.39 is 20.3 Å². The molecule has 0 saturated carbocycles. The van der Waals surface area contributed by atoms with E-state index in [0.717, 1.165) is 6.07 Å². The molecule has 1 aromatic rings. The van der Waals surface area contributed by atoms with Crippen LogP contribution in [-0.4, -0.2) is 27.2 Å². The van der Waals surface area contributed by atoms with Crippen LogP contribution in [0.4, 0.5) is 13.2 Å². The van der Waals surface area contributed by atoms with Crippen molar-refractivity contribution in [2.75, 3.05) is 6.61 Å². The summed E-state index contributed by atoms with van der Waals surface area (Å²) in [6.45, 7) is 10.7. The Balaban J connectivity index is 2.72. The molecule has 0 aliphatic rings. The van der Waals surface area contributed by atoms with Crippen LogP contribution in [0.15, 0.2) is 21.5 Å². The van der Waals surface area contributed by atoms with Crippen molar-refractivity contribution in [3.63, 3.8) is 0 Å². The van der Waals surface area contributed by atoms with Crippen LogP contribution in [-0.2, 0) is 10.6 Å². The summed E-state index contributed by atoms with van der Waals surface area (Å²) in [5.74, 6) is -0.681. The van der Waals surface area contributed by atoms with E-state index in [2.05, 4.69) is 24.6 Å². The quantitative estimate of drug-likeness (QED) is 0.567. The third-order valence-electron chi connectivity index (χ3n) is 2.76. The molecule has 0 N–H and O–H groups in total. The first kappa shape index (κ1) is 18.0. The van der Waals surface area contributed by atoms with Crippen LogP contribution in [0.2, 0.25) is 19.6 Å². The predicted molar refractivity (Wildman–Crippen MR) is 79.2 cm³/mol. The van der Waals surface area contributed by atoms with Gasteiger partial charge in [0.2, 0.25) is 5.76 Å². The van der Waals surface area contributed by atoms with E-state index in [0.29, 0.717) is 6.61 Å². The maximum Gasteiger partial charge on any atom is 0.449 e. The summed E-state index contributed by atoms with van der Waals surface area (Å²) in [5.41, 5.74) is 0. The fourth-order valence-corrected chi connectivity index (χ4v) is 2.16. The summed E-state index contributed by atoms with van der Waals surface area (Å²) in [6, 6.07) is 2.07. The standard InChI is InChI=1S/C14H22F3NO2Si/c1-10(2)12(9-19-21(3,4)5)18-8-11-6-7-13(20-11)14(15,16)17/h6-8,10,12H,9H2,1-5H3/b18-8+/t12-/m0/s1. The average Bonchev–Trinajstić information content (AvgIpc) is 2.75. The molecule has 0 bridgehead atoms. The first-order valence-corrected chi connectivity index (χ1v) is 10.2. The third kappa shape index (κ3) is 6.47. The molecule has 0 saturated heterocycles. The maximum atomic E-state index is 12.4. The van der Waals surface area contributed by atoms with Crippen LogP contribution in [0.1, 0.15) is 25.4 Å². The molecule has 0 unspecified atom stereocenters. The molecule has 0 aliphatic heterocycles. The van der Waals surface area contributed by atoms with Crippen molar-refractivity contribution in [3.05, 3.63) is 23.7 Å². The normalized spacial score (nSPS) is 15.1. The highest BCUT2D eigenvalue weighted by molar-refractivity contribution is 6.69. The van der Waals surface area contributed by atoms with Gasteiger partial charge >= 0.3 is 6.18 Å². The molecule has 1 heterocycles. The van der Waals surface area contributed by atoms with Crippen molar-refractivity contribution in [2.24, 2.45) is 10.9 Å². The van der Waals surface area contributed by atoms with E-state index in [1.54, 1.807) is 0 Å². The molecule has 0 aliphatic carbocycles. The number of furan rings is 1. The van der Waals surface area contributed by atoms with E-state index in [1.165, 1.54) is 12.3 Å². The summed E-state index contributed by atoms with van der Waals surface area (Å²) in [5, 5.41) is 0. The Bertz CT molecular complexity index is 475. The van der Waals surface area contributed by atoms with Crippen molar-refractivity contribution >= 4 is 14.5 Å². The SMILES string of the molecule is CC(C)[C@H](CO[Si](C)(C)C)/N=C/c1ccc(C(F)(F)F)o1. The minimum atomic E-state index is -4.47. The van der Waals surface area contributed by atoms with Crippen LogP contribution in [0.3, 0.4) is 0 Å². The first-order valence-electron chi connectivity index (χ1n) is 6.83. The van der Waals surface area contributed by atoms with Crippen molar-refractivity contribution in [1.29, 1.82) is 0 Å². The van der Waals surface area contributed by atoms with Gasteiger partial charge in [0.25, 0.3) is 0 Å². The topological polar surface area (TPSA) is 34.7 Å². The fraction of sp³-hybridized carbons (Fsp3) is 0.643. The van der Waals surface area contributed by atoms with E-state index in [1.807, 2.05) is 13.8 Å². The monoisotopic (exact) mass is 321 g/mol. The van der Waals surface area contributed by atoms with Crippen LogP contribution < -0.4 is 0 Å². The van der Waals surface area contributed by atoms with Crippen LogP contribution >= 0.6 is 0 Å². The van der Waals surface area contributed by atoms with Gasteiger partial charge in [0.1, 0.15) is 5.76 Å². The van der Waals surface area contributed by atoms with E-state index >= 15 is 0 Å². The van der Waals surface area contributed by atoms with Gasteiger partial charge in [0.15, 0.2) is 8.32 Å². The second-order valence-corrected chi connectivity index (χ2v) is 10.7. The average molecular weight is 321 g/mol. The number of alkyl halides is 3. The summed E-state index contributed by atoms with van der Waals surface area (Å²) >= 11 is 0. The molecule has 0 radical (unpaired) electrons. The molecule has 7 heteroatoms. The number of rotatable bonds is 6. The van der Waals surface area contributed by atoms with Gasteiger partial charge in [0.05, 0.1) is 18.9 Å². The van der Waals surface area contributed by atoms with Gasteiger partial charge in [-0.05, 0) is 37.7 Å². The van der Waals surface area contributed by atoms with Gasteiger partial charge in [-0.2, -0.15) is 13.2 Å². The summed E-state index contributed by atoms with van der Waals surface area (Å²) in [6.07, 6.45) is -3.13. The van der Waals surface area contributed by atoms with Gasteiger partial charge in [0, 0.05) is 0 Å². The lowest BCUT2D eigenvalue weighted by atomic mass is 10.1. The second kappa shape index (κ2) is 6.78. The minimum Gasteiger partial charge on any atom is -0.451 e. The van der Waals surface area contributed by atoms with Crippen molar-refractivity contribution < 1.29 is 22.0 Å². The van der Waals surface area contributed by atoms with Gasteiger partial charge in [-0.1, -0.05) is 13.8 Å². The molecular weight excluding hydrogens is 299 g/mol. The summed E-state index contributed by atoms with van der Waals surface area (Å²) in [4.78, 5) is 4.30. The lowest BCUT2D eigenvalue weighted by Crippen LogP contribution is -2.31. The molecule has 1 rings (SSSR count). The smallest absolute Gasteiger partial charge is 0.449 e. The van der Waals surface area contributed by atoms with Crippen molar-refractivity contribution in [2.45, 2.75) is 45.7 Å². The fourth-order valence-electron chi connectivity index (χ4n) is 1.49. The molecule has 1 aromatic heterocycles. The number of hydrogen-bond acceptors (Lipinski definition) is 3. The van der Waals surface area contributed by atoms with E-state index in [4.69, 9.17) is 8.84 Å². The lowest BCUT2D eigenvalue weighted by molar-refractivity contribution is -0.153. The molecular formula is C14H22F3NO2Si. The number of aliphatic imine (C=N–C) groups is 1. The van der Waals surface area contributed by atoms with Crippen LogP contribution in [0, 0.1) is 5.92 Å². The Kier molecular flexibility index (Phi) is 5.80. The van der Waals surface area contributed by atoms with Gasteiger partial charge < -0.3 is 8.84 Å².